The number of carbonyl (C=O) groups is 2. The van der Waals surface area contributed by atoms with Crippen molar-refractivity contribution in [3.8, 4) is 0 Å². The van der Waals surface area contributed by atoms with Crippen molar-refractivity contribution in [2.24, 2.45) is 37.3 Å². The maximum absolute atomic E-state index is 12.9. The Morgan fingerprint density at radius 3 is 2.34 bits per heavy atom. The second kappa shape index (κ2) is 7.60. The molecule has 1 N–H and O–H groups in total. The average molecular weight is 444 g/mol. The molecule has 0 aliphatic heterocycles. The van der Waals surface area contributed by atoms with Gasteiger partial charge in [0, 0.05) is 19.5 Å². The van der Waals surface area contributed by atoms with Gasteiger partial charge in [0.2, 0.25) is 5.91 Å². The molecule has 10 heteroatoms. The first-order chi connectivity index (χ1) is 15.3. The molecule has 1 amide bonds. The summed E-state index contributed by atoms with van der Waals surface area (Å²) in [7, 11) is 2.96. The summed E-state index contributed by atoms with van der Waals surface area (Å²) >= 11 is 0. The molecule has 0 atom stereocenters. The summed E-state index contributed by atoms with van der Waals surface area (Å²) in [5.41, 5.74) is -0.627. The van der Waals surface area contributed by atoms with Crippen LogP contribution in [0.2, 0.25) is 0 Å². The average Bonchev–Trinajstić information content (AvgIpc) is 3.17. The van der Waals surface area contributed by atoms with Crippen molar-refractivity contribution >= 4 is 23.0 Å². The van der Waals surface area contributed by atoms with Crippen LogP contribution in [0.25, 0.3) is 11.2 Å². The summed E-state index contributed by atoms with van der Waals surface area (Å²) in [6.07, 6.45) is 8.08. The Bertz CT molecular complexity index is 1170. The normalized spacial score (nSPS) is 28.2. The third-order valence-corrected chi connectivity index (χ3v) is 7.73. The molecule has 4 aliphatic rings. The summed E-state index contributed by atoms with van der Waals surface area (Å²) in [6.45, 7) is 0.101. The number of nitrogens with one attached hydrogen (secondary N) is 1. The minimum atomic E-state index is -0.507. The van der Waals surface area contributed by atoms with Gasteiger partial charge in [0.15, 0.2) is 11.2 Å². The molecule has 10 nitrogen and oxygen atoms in total. The van der Waals surface area contributed by atoms with Gasteiger partial charge in [0.05, 0.1) is 12.9 Å². The molecule has 6 rings (SSSR count). The van der Waals surface area contributed by atoms with Crippen molar-refractivity contribution in [3.63, 3.8) is 0 Å². The molecule has 0 spiro atoms. The Kier molecular flexibility index (Phi) is 4.98. The van der Waals surface area contributed by atoms with Gasteiger partial charge >= 0.3 is 11.7 Å². The van der Waals surface area contributed by atoms with Gasteiger partial charge < -0.3 is 14.6 Å². The Hall–Kier alpha value is -2.91. The van der Waals surface area contributed by atoms with E-state index in [0.717, 1.165) is 23.8 Å². The van der Waals surface area contributed by atoms with Gasteiger partial charge in [0.25, 0.3) is 5.56 Å². The first-order valence-corrected chi connectivity index (χ1v) is 11.3. The number of esters is 1. The van der Waals surface area contributed by atoms with Gasteiger partial charge in [0.1, 0.15) is 13.2 Å². The lowest BCUT2D eigenvalue weighted by atomic mass is 9.49. The molecule has 0 aromatic carbocycles. The van der Waals surface area contributed by atoms with Crippen molar-refractivity contribution < 1.29 is 14.3 Å². The van der Waals surface area contributed by atoms with Crippen LogP contribution in [0, 0.1) is 23.2 Å². The van der Waals surface area contributed by atoms with E-state index in [1.807, 2.05) is 0 Å². The number of hydrogen-bond acceptors (Lipinski definition) is 6. The number of rotatable bonds is 6. The van der Waals surface area contributed by atoms with E-state index in [1.165, 1.54) is 37.2 Å². The molecule has 4 fully saturated rings. The van der Waals surface area contributed by atoms with Crippen molar-refractivity contribution in [1.29, 1.82) is 0 Å². The Labute approximate surface area is 184 Å². The third kappa shape index (κ3) is 3.36. The topological polar surface area (TPSA) is 117 Å². The quantitative estimate of drug-likeness (QED) is 0.642. The van der Waals surface area contributed by atoms with E-state index in [0.29, 0.717) is 17.8 Å². The van der Waals surface area contributed by atoms with E-state index in [2.05, 4.69) is 10.3 Å². The number of amides is 1. The highest BCUT2D eigenvalue weighted by Crippen LogP contribution is 2.60. The lowest BCUT2D eigenvalue weighted by Gasteiger charge is -2.55. The Balaban J connectivity index is 1.16. The van der Waals surface area contributed by atoms with Crippen LogP contribution in [0.4, 0.5) is 0 Å². The van der Waals surface area contributed by atoms with Crippen molar-refractivity contribution in [2.75, 3.05) is 13.2 Å². The van der Waals surface area contributed by atoms with Crippen molar-refractivity contribution in [2.45, 2.75) is 45.1 Å². The minimum Gasteiger partial charge on any atom is -0.462 e. The van der Waals surface area contributed by atoms with Crippen LogP contribution < -0.4 is 16.6 Å². The smallest absolute Gasteiger partial charge is 0.332 e. The summed E-state index contributed by atoms with van der Waals surface area (Å²) < 4.78 is 9.17. The van der Waals surface area contributed by atoms with Crippen molar-refractivity contribution in [3.05, 3.63) is 27.2 Å². The number of ether oxygens (including phenoxy) is 1. The van der Waals surface area contributed by atoms with Crippen LogP contribution in [-0.2, 0) is 35.0 Å². The standard InChI is InChI=1S/C22H29N5O5/c1-25-18-17(19(29)26(2)21(25)31)27(12-24-18)3-4-32-16(28)11-23-20(30)22-8-13-5-14(9-22)7-15(6-13)10-22/h12-15H,3-11H2,1-2H3,(H,23,30). The van der Waals surface area contributed by atoms with Crippen LogP contribution in [0.1, 0.15) is 38.5 Å². The molecule has 2 aromatic heterocycles. The van der Waals surface area contributed by atoms with E-state index in [9.17, 15) is 19.2 Å². The predicted molar refractivity (Wildman–Crippen MR) is 115 cm³/mol. The molecule has 4 aliphatic carbocycles. The molecule has 2 heterocycles. The fourth-order valence-electron chi connectivity index (χ4n) is 6.60. The largest absolute Gasteiger partial charge is 0.462 e. The van der Waals surface area contributed by atoms with Crippen LogP contribution in [0.3, 0.4) is 0 Å². The number of hydrogen-bond donors (Lipinski definition) is 1. The first-order valence-electron chi connectivity index (χ1n) is 11.3. The molecular weight excluding hydrogens is 414 g/mol. The van der Waals surface area contributed by atoms with Crippen LogP contribution in [-0.4, -0.2) is 43.7 Å². The molecule has 2 aromatic rings. The zero-order valence-corrected chi connectivity index (χ0v) is 18.5. The molecule has 0 radical (unpaired) electrons. The van der Waals surface area contributed by atoms with Gasteiger partial charge in [-0.25, -0.2) is 9.78 Å². The number of aryl methyl sites for hydroxylation is 1. The first kappa shape index (κ1) is 21.0. The summed E-state index contributed by atoms with van der Waals surface area (Å²) in [6, 6.07) is 0. The molecular formula is C22H29N5O5. The molecule has 4 saturated carbocycles. The molecule has 172 valence electrons. The van der Waals surface area contributed by atoms with Crippen LogP contribution in [0.5, 0.6) is 0 Å². The summed E-state index contributed by atoms with van der Waals surface area (Å²) in [5, 5.41) is 2.82. The zero-order chi connectivity index (χ0) is 22.6. The fraction of sp³-hybridized carbons (Fsp3) is 0.682. The highest BCUT2D eigenvalue weighted by Gasteiger charge is 2.54. The molecule has 0 unspecified atom stereocenters. The Morgan fingerprint density at radius 1 is 1.09 bits per heavy atom. The van der Waals surface area contributed by atoms with Crippen LogP contribution in [0.15, 0.2) is 15.9 Å². The van der Waals surface area contributed by atoms with Gasteiger partial charge in [-0.05, 0) is 56.3 Å². The van der Waals surface area contributed by atoms with Gasteiger partial charge in [-0.2, -0.15) is 0 Å². The molecule has 0 saturated heterocycles. The number of aromatic nitrogens is 4. The number of imidazole rings is 1. The second-order valence-electron chi connectivity index (χ2n) is 9.92. The van der Waals surface area contributed by atoms with E-state index < -0.39 is 17.2 Å². The molecule has 4 bridgehead atoms. The van der Waals surface area contributed by atoms with E-state index in [1.54, 1.807) is 11.6 Å². The lowest BCUT2D eigenvalue weighted by Crippen LogP contribution is -2.54. The zero-order valence-electron chi connectivity index (χ0n) is 18.5. The monoisotopic (exact) mass is 443 g/mol. The van der Waals surface area contributed by atoms with Gasteiger partial charge in [-0.1, -0.05) is 0 Å². The van der Waals surface area contributed by atoms with Crippen LogP contribution >= 0.6 is 0 Å². The lowest BCUT2D eigenvalue weighted by molar-refractivity contribution is -0.151. The fourth-order valence-corrected chi connectivity index (χ4v) is 6.60. The van der Waals surface area contributed by atoms with Crippen molar-refractivity contribution in [1.82, 2.24) is 24.0 Å². The van der Waals surface area contributed by atoms with E-state index in [-0.39, 0.29) is 42.2 Å². The van der Waals surface area contributed by atoms with E-state index in [4.69, 9.17) is 4.74 Å². The highest BCUT2D eigenvalue weighted by atomic mass is 16.5. The SMILES string of the molecule is Cn1c(=O)c2c(ncn2CCOC(=O)CNC(=O)C23CC4CC(CC(C4)C2)C3)n(C)c1=O. The summed E-state index contributed by atoms with van der Waals surface area (Å²) in [5.74, 6) is 1.48. The maximum Gasteiger partial charge on any atom is 0.332 e. The highest BCUT2D eigenvalue weighted by molar-refractivity contribution is 5.86. The third-order valence-electron chi connectivity index (χ3n) is 7.73. The number of carbonyl (C=O) groups excluding carboxylic acids is 2. The molecule has 32 heavy (non-hydrogen) atoms. The Morgan fingerprint density at radius 2 is 1.72 bits per heavy atom. The van der Waals surface area contributed by atoms with Gasteiger partial charge in [-0.15, -0.1) is 0 Å². The number of fused-ring (bicyclic) bond motifs is 1. The maximum atomic E-state index is 12.9. The second-order valence-corrected chi connectivity index (χ2v) is 9.92. The van der Waals surface area contributed by atoms with E-state index >= 15 is 0 Å². The summed E-state index contributed by atoms with van der Waals surface area (Å²) in [4.78, 5) is 53.8. The minimum absolute atomic E-state index is 0.00133. The number of nitrogens with zero attached hydrogens (tertiary/aromatic N) is 4. The predicted octanol–water partition coefficient (Wildman–Crippen LogP) is 0.310. The van der Waals surface area contributed by atoms with Gasteiger partial charge in [-0.3, -0.25) is 23.5 Å².